The molecule has 0 aliphatic rings. The molecule has 0 saturated heterocycles. The van der Waals surface area contributed by atoms with Gasteiger partial charge in [-0.05, 0) is 29.8 Å². The Labute approximate surface area is 133 Å². The molecule has 0 spiro atoms. The Balaban J connectivity index is 2.34. The normalized spacial score (nSPS) is 12.6. The highest BCUT2D eigenvalue weighted by atomic mass is 35.5. The highest BCUT2D eigenvalue weighted by Gasteiger charge is 2.26. The van der Waals surface area contributed by atoms with E-state index in [0.29, 0.717) is 10.6 Å². The zero-order valence-corrected chi connectivity index (χ0v) is 12.9. The Kier molecular flexibility index (Phi) is 5.15. The Bertz CT molecular complexity index is 749. The molecular weight excluding hydrogens is 326 g/mol. The molecule has 0 unspecified atom stereocenters. The smallest absolute Gasteiger partial charge is 0.256 e. The molecule has 0 aliphatic carbocycles. The molecule has 22 heavy (non-hydrogen) atoms. The number of amides is 1. The van der Waals surface area contributed by atoms with Gasteiger partial charge in [-0.15, -0.1) is 0 Å². The van der Waals surface area contributed by atoms with Gasteiger partial charge in [0.2, 0.25) is 10.0 Å². The van der Waals surface area contributed by atoms with Crippen LogP contribution in [0.5, 0.6) is 0 Å². The van der Waals surface area contributed by atoms with Crippen LogP contribution in [0, 0.1) is 0 Å². The number of rotatable bonds is 5. The Hall–Kier alpha value is -1.93. The number of carbonyl (C=O) groups is 1. The minimum Gasteiger partial charge on any atom is -0.293 e. The third-order valence-electron chi connectivity index (χ3n) is 2.93. The van der Waals surface area contributed by atoms with Crippen LogP contribution >= 0.6 is 11.6 Å². The summed E-state index contributed by atoms with van der Waals surface area (Å²) in [5.74, 6) is 4.47. The van der Waals surface area contributed by atoms with Gasteiger partial charge in [-0.25, -0.2) is 14.3 Å². The molecule has 4 N–H and O–H groups in total. The van der Waals surface area contributed by atoms with Gasteiger partial charge in [-0.3, -0.25) is 10.2 Å². The molecule has 1 amide bonds. The largest absolute Gasteiger partial charge is 0.293 e. The zero-order valence-electron chi connectivity index (χ0n) is 11.4. The van der Waals surface area contributed by atoms with Crippen molar-refractivity contribution in [3.05, 3.63) is 65.2 Å². The van der Waals surface area contributed by atoms with Gasteiger partial charge >= 0.3 is 0 Å². The molecule has 0 aromatic heterocycles. The zero-order chi connectivity index (χ0) is 16.2. The van der Waals surface area contributed by atoms with Gasteiger partial charge in [0.25, 0.3) is 5.91 Å². The first kappa shape index (κ1) is 16.4. The van der Waals surface area contributed by atoms with Crippen molar-refractivity contribution in [3.63, 3.8) is 0 Å². The van der Waals surface area contributed by atoms with Crippen molar-refractivity contribution in [2.45, 2.75) is 10.9 Å². The topological polar surface area (TPSA) is 101 Å². The van der Waals surface area contributed by atoms with Crippen molar-refractivity contribution in [1.29, 1.82) is 0 Å². The molecule has 0 fully saturated rings. The lowest BCUT2D eigenvalue weighted by Crippen LogP contribution is -2.43. The van der Waals surface area contributed by atoms with Crippen molar-refractivity contribution in [1.82, 2.24) is 10.1 Å². The SMILES string of the molecule is NNC(=O)[C@@H](NS(=O)(=O)c1ccc(Cl)cc1)c1ccccc1. The molecule has 0 bridgehead atoms. The van der Waals surface area contributed by atoms with E-state index >= 15 is 0 Å². The Morgan fingerprint density at radius 2 is 1.64 bits per heavy atom. The van der Waals surface area contributed by atoms with Gasteiger partial charge in [0.15, 0.2) is 0 Å². The van der Waals surface area contributed by atoms with Gasteiger partial charge in [0, 0.05) is 5.02 Å². The summed E-state index contributed by atoms with van der Waals surface area (Å²) in [5, 5.41) is 0.415. The van der Waals surface area contributed by atoms with Crippen LogP contribution in [0.25, 0.3) is 0 Å². The molecule has 0 radical (unpaired) electrons. The third-order valence-corrected chi connectivity index (χ3v) is 4.63. The van der Waals surface area contributed by atoms with Crippen LogP contribution in [0.3, 0.4) is 0 Å². The highest BCUT2D eigenvalue weighted by Crippen LogP contribution is 2.19. The second-order valence-electron chi connectivity index (χ2n) is 4.43. The molecule has 0 heterocycles. The molecule has 1 atom stereocenters. The van der Waals surface area contributed by atoms with Crippen molar-refractivity contribution >= 4 is 27.5 Å². The first-order valence-corrected chi connectivity index (χ1v) is 8.13. The Morgan fingerprint density at radius 1 is 1.05 bits per heavy atom. The fourth-order valence-electron chi connectivity index (χ4n) is 1.84. The van der Waals surface area contributed by atoms with E-state index in [4.69, 9.17) is 17.4 Å². The number of halogens is 1. The average molecular weight is 340 g/mol. The van der Waals surface area contributed by atoms with E-state index in [2.05, 4.69) is 4.72 Å². The van der Waals surface area contributed by atoms with Crippen LogP contribution in [0.4, 0.5) is 0 Å². The maximum Gasteiger partial charge on any atom is 0.256 e. The van der Waals surface area contributed by atoms with Crippen LogP contribution in [0.1, 0.15) is 11.6 Å². The number of nitrogens with two attached hydrogens (primary N) is 1. The van der Waals surface area contributed by atoms with E-state index in [1.54, 1.807) is 30.3 Å². The van der Waals surface area contributed by atoms with Crippen molar-refractivity contribution in [2.24, 2.45) is 5.84 Å². The number of hydrazine groups is 1. The number of hydrogen-bond acceptors (Lipinski definition) is 4. The van der Waals surface area contributed by atoms with Crippen LogP contribution in [0.15, 0.2) is 59.5 Å². The summed E-state index contributed by atoms with van der Waals surface area (Å²) in [6.07, 6.45) is 0. The Morgan fingerprint density at radius 3 is 2.18 bits per heavy atom. The summed E-state index contributed by atoms with van der Waals surface area (Å²) >= 11 is 5.74. The summed E-state index contributed by atoms with van der Waals surface area (Å²) in [6.45, 7) is 0. The van der Waals surface area contributed by atoms with E-state index in [1.807, 2.05) is 5.43 Å². The predicted octanol–water partition coefficient (Wildman–Crippen LogP) is 1.35. The van der Waals surface area contributed by atoms with Gasteiger partial charge in [-0.2, -0.15) is 4.72 Å². The minimum absolute atomic E-state index is 0.00246. The molecular formula is C14H14ClN3O3S. The minimum atomic E-state index is -3.90. The first-order valence-electron chi connectivity index (χ1n) is 6.27. The maximum absolute atomic E-state index is 12.4. The fraction of sp³-hybridized carbons (Fsp3) is 0.0714. The number of nitrogens with one attached hydrogen (secondary N) is 2. The second kappa shape index (κ2) is 6.89. The molecule has 6 nitrogen and oxygen atoms in total. The first-order chi connectivity index (χ1) is 10.4. The van der Waals surface area contributed by atoms with E-state index in [1.165, 1.54) is 24.3 Å². The molecule has 2 aromatic rings. The maximum atomic E-state index is 12.4. The molecule has 2 rings (SSSR count). The van der Waals surface area contributed by atoms with Gasteiger partial charge in [-0.1, -0.05) is 41.9 Å². The van der Waals surface area contributed by atoms with Gasteiger partial charge in [0.1, 0.15) is 6.04 Å². The number of carbonyl (C=O) groups excluding carboxylic acids is 1. The second-order valence-corrected chi connectivity index (χ2v) is 6.58. The lowest BCUT2D eigenvalue weighted by Gasteiger charge is -2.17. The standard InChI is InChI=1S/C14H14ClN3O3S/c15-11-6-8-12(9-7-11)22(20,21)18-13(14(19)17-16)10-4-2-1-3-5-10/h1-9,13,18H,16H2,(H,17,19)/t13-/m0/s1. The fourth-order valence-corrected chi connectivity index (χ4v) is 3.15. The lowest BCUT2D eigenvalue weighted by molar-refractivity contribution is -0.122. The van der Waals surface area contributed by atoms with Crippen molar-refractivity contribution < 1.29 is 13.2 Å². The molecule has 116 valence electrons. The van der Waals surface area contributed by atoms with Crippen LogP contribution in [-0.4, -0.2) is 14.3 Å². The number of benzene rings is 2. The molecule has 0 aliphatic heterocycles. The van der Waals surface area contributed by atoms with Crippen LogP contribution < -0.4 is 16.0 Å². The molecule has 8 heteroatoms. The quantitative estimate of drug-likeness (QED) is 0.435. The third kappa shape index (κ3) is 3.83. The van der Waals surface area contributed by atoms with E-state index in [0.717, 1.165) is 0 Å². The molecule has 0 saturated carbocycles. The number of hydrogen-bond donors (Lipinski definition) is 3. The van der Waals surface area contributed by atoms with Crippen molar-refractivity contribution in [2.75, 3.05) is 0 Å². The predicted molar refractivity (Wildman–Crippen MR) is 83.3 cm³/mol. The summed E-state index contributed by atoms with van der Waals surface area (Å²) in [4.78, 5) is 11.9. The molecule has 2 aromatic carbocycles. The monoisotopic (exact) mass is 339 g/mol. The summed E-state index contributed by atoms with van der Waals surface area (Å²) in [5.41, 5.74) is 2.43. The summed E-state index contributed by atoms with van der Waals surface area (Å²) in [7, 11) is -3.90. The van der Waals surface area contributed by atoms with Crippen LogP contribution in [0.2, 0.25) is 5.02 Å². The van der Waals surface area contributed by atoms with E-state index in [9.17, 15) is 13.2 Å². The van der Waals surface area contributed by atoms with E-state index < -0.39 is 22.0 Å². The van der Waals surface area contributed by atoms with E-state index in [-0.39, 0.29) is 4.90 Å². The van der Waals surface area contributed by atoms with Gasteiger partial charge < -0.3 is 0 Å². The highest BCUT2D eigenvalue weighted by molar-refractivity contribution is 7.89. The number of sulfonamides is 1. The van der Waals surface area contributed by atoms with Crippen LogP contribution in [-0.2, 0) is 14.8 Å². The van der Waals surface area contributed by atoms with Gasteiger partial charge in [0.05, 0.1) is 4.90 Å². The summed E-state index contributed by atoms with van der Waals surface area (Å²) in [6, 6.07) is 12.9. The van der Waals surface area contributed by atoms with Crippen molar-refractivity contribution in [3.8, 4) is 0 Å². The lowest BCUT2D eigenvalue weighted by atomic mass is 10.1. The summed E-state index contributed by atoms with van der Waals surface area (Å²) < 4.78 is 27.1. The average Bonchev–Trinajstić information content (AvgIpc) is 2.53.